The Morgan fingerprint density at radius 2 is 1.89 bits per heavy atom. The molecule has 0 bridgehead atoms. The van der Waals surface area contributed by atoms with Crippen LogP contribution in [0.4, 0.5) is 0 Å². The van der Waals surface area contributed by atoms with Crippen LogP contribution < -0.4 is 5.32 Å². The van der Waals surface area contributed by atoms with Crippen molar-refractivity contribution in [3.8, 4) is 17.1 Å². The zero-order valence-electron chi connectivity index (χ0n) is 18.6. The van der Waals surface area contributed by atoms with Crippen LogP contribution in [0.3, 0.4) is 0 Å². The highest BCUT2D eigenvalue weighted by atomic mass is 35.5. The van der Waals surface area contributed by atoms with Crippen molar-refractivity contribution in [1.82, 2.24) is 30.0 Å². The second-order valence-electron chi connectivity index (χ2n) is 7.52. The highest BCUT2D eigenvalue weighted by molar-refractivity contribution is 7.98. The molecule has 0 spiro atoms. The number of nitrogens with one attached hydrogen (secondary N) is 1. The van der Waals surface area contributed by atoms with E-state index in [1.807, 2.05) is 71.3 Å². The van der Waals surface area contributed by atoms with Crippen LogP contribution in [0.2, 0.25) is 10.0 Å². The molecule has 180 valence electrons. The number of amides is 1. The van der Waals surface area contributed by atoms with E-state index in [9.17, 15) is 4.79 Å². The van der Waals surface area contributed by atoms with E-state index in [1.165, 1.54) is 23.1 Å². The van der Waals surface area contributed by atoms with Crippen molar-refractivity contribution in [2.24, 2.45) is 0 Å². The van der Waals surface area contributed by atoms with Crippen molar-refractivity contribution in [2.45, 2.75) is 17.5 Å². The fraction of sp³-hybridized carbons (Fsp3) is 0.0800. The summed E-state index contributed by atoms with van der Waals surface area (Å²) in [7, 11) is 0. The number of hydrogen-bond acceptors (Lipinski definition) is 7. The molecule has 0 unspecified atom stereocenters. The summed E-state index contributed by atoms with van der Waals surface area (Å²) in [6, 6.07) is 20.5. The Kier molecular flexibility index (Phi) is 7.62. The van der Waals surface area contributed by atoms with E-state index in [1.54, 1.807) is 11.6 Å². The van der Waals surface area contributed by atoms with Crippen molar-refractivity contribution < 1.29 is 4.79 Å². The third-order valence-corrected chi connectivity index (χ3v) is 7.62. The fourth-order valence-electron chi connectivity index (χ4n) is 3.40. The first-order chi connectivity index (χ1) is 17.6. The number of pyridine rings is 1. The monoisotopic (exact) mass is 552 g/mol. The zero-order valence-corrected chi connectivity index (χ0v) is 21.8. The maximum absolute atomic E-state index is 12.5. The molecule has 0 aliphatic heterocycles. The first-order valence-electron chi connectivity index (χ1n) is 10.8. The number of carbonyl (C=O) groups excluding carboxylic acids is 1. The van der Waals surface area contributed by atoms with E-state index in [2.05, 4.69) is 25.5 Å². The lowest BCUT2D eigenvalue weighted by molar-refractivity contribution is 0.0946. The van der Waals surface area contributed by atoms with Crippen LogP contribution in [0.25, 0.3) is 17.1 Å². The fourth-order valence-corrected chi connectivity index (χ4v) is 5.55. The van der Waals surface area contributed by atoms with Gasteiger partial charge in [-0.2, -0.15) is 0 Å². The van der Waals surface area contributed by atoms with Crippen molar-refractivity contribution in [3.05, 3.63) is 105 Å². The third-order valence-electron chi connectivity index (χ3n) is 5.08. The summed E-state index contributed by atoms with van der Waals surface area (Å²) in [6.45, 7) is 0.342. The smallest absolute Gasteiger partial charge is 0.271 e. The van der Waals surface area contributed by atoms with E-state index in [4.69, 9.17) is 23.2 Å². The van der Waals surface area contributed by atoms with Gasteiger partial charge in [0.15, 0.2) is 11.0 Å². The summed E-state index contributed by atoms with van der Waals surface area (Å²) in [5, 5.41) is 16.1. The molecular formula is C25H18Cl2N6OS2. The Balaban J connectivity index is 1.35. The van der Waals surface area contributed by atoms with Crippen molar-refractivity contribution in [1.29, 1.82) is 0 Å². The lowest BCUT2D eigenvalue weighted by Crippen LogP contribution is -2.23. The Morgan fingerprint density at radius 1 is 1.03 bits per heavy atom. The maximum Gasteiger partial charge on any atom is 0.271 e. The number of thioether (sulfide) groups is 1. The molecular weight excluding hydrogens is 535 g/mol. The predicted octanol–water partition coefficient (Wildman–Crippen LogP) is 6.31. The van der Waals surface area contributed by atoms with Gasteiger partial charge in [0.2, 0.25) is 0 Å². The minimum Gasteiger partial charge on any atom is -0.345 e. The van der Waals surface area contributed by atoms with Gasteiger partial charge in [-0.15, -0.1) is 21.5 Å². The van der Waals surface area contributed by atoms with E-state index in [-0.39, 0.29) is 5.91 Å². The van der Waals surface area contributed by atoms with Gasteiger partial charge in [0.25, 0.3) is 5.91 Å². The van der Waals surface area contributed by atoms with E-state index in [0.29, 0.717) is 39.0 Å². The zero-order chi connectivity index (χ0) is 24.9. The lowest BCUT2D eigenvalue weighted by atomic mass is 10.2. The van der Waals surface area contributed by atoms with Gasteiger partial charge < -0.3 is 5.32 Å². The first-order valence-corrected chi connectivity index (χ1v) is 13.4. The number of carbonyl (C=O) groups is 1. The third kappa shape index (κ3) is 5.60. The summed E-state index contributed by atoms with van der Waals surface area (Å²) in [5.74, 6) is 0.884. The highest BCUT2D eigenvalue weighted by Crippen LogP contribution is 2.33. The molecule has 3 aromatic heterocycles. The van der Waals surface area contributed by atoms with Gasteiger partial charge in [-0.3, -0.25) is 14.3 Å². The van der Waals surface area contributed by atoms with Gasteiger partial charge in [-0.05, 0) is 42.5 Å². The molecule has 3 heterocycles. The number of thiazole rings is 1. The van der Waals surface area contributed by atoms with Crippen molar-refractivity contribution in [2.75, 3.05) is 0 Å². The SMILES string of the molecule is O=C(NCc1ccccn1)c1csc(CSc2nnc(-c3ccccc3Cl)n2-c2cccc(Cl)c2)n1. The van der Waals surface area contributed by atoms with E-state index in [0.717, 1.165) is 22.0 Å². The molecule has 36 heavy (non-hydrogen) atoms. The van der Waals surface area contributed by atoms with Crippen molar-refractivity contribution >= 4 is 52.2 Å². The van der Waals surface area contributed by atoms with Crippen LogP contribution in [0, 0.1) is 0 Å². The lowest BCUT2D eigenvalue weighted by Gasteiger charge is -2.11. The Hall–Kier alpha value is -3.24. The van der Waals surface area contributed by atoms with Gasteiger partial charge >= 0.3 is 0 Å². The maximum atomic E-state index is 12.5. The summed E-state index contributed by atoms with van der Waals surface area (Å²) in [5.41, 5.74) is 2.74. The van der Waals surface area contributed by atoms with Crippen LogP contribution >= 0.6 is 46.3 Å². The largest absolute Gasteiger partial charge is 0.345 e. The predicted molar refractivity (Wildman–Crippen MR) is 144 cm³/mol. The van der Waals surface area contributed by atoms with Crippen LogP contribution in [0.15, 0.2) is 83.5 Å². The second-order valence-corrected chi connectivity index (χ2v) is 10.2. The average Bonchev–Trinajstić information content (AvgIpc) is 3.54. The molecule has 0 aliphatic rings. The van der Waals surface area contributed by atoms with Crippen LogP contribution in [-0.2, 0) is 12.3 Å². The Bertz CT molecular complexity index is 1510. The standard InChI is InChI=1S/C25H18Cl2N6OS2/c26-16-6-5-8-18(12-16)33-23(19-9-1-2-10-20(19)27)31-32-25(33)36-15-22-30-21(14-35-22)24(34)29-13-17-7-3-4-11-28-17/h1-12,14H,13,15H2,(H,29,34). The molecule has 5 aromatic rings. The minimum atomic E-state index is -0.240. The van der Waals surface area contributed by atoms with Gasteiger partial charge in [0.05, 0.1) is 28.7 Å². The molecule has 0 saturated carbocycles. The van der Waals surface area contributed by atoms with Crippen LogP contribution in [-0.4, -0.2) is 30.6 Å². The molecule has 2 aromatic carbocycles. The van der Waals surface area contributed by atoms with Gasteiger partial charge in [0, 0.05) is 22.2 Å². The second kappa shape index (κ2) is 11.2. The topological polar surface area (TPSA) is 85.6 Å². The van der Waals surface area contributed by atoms with Gasteiger partial charge in [0.1, 0.15) is 10.7 Å². The number of hydrogen-bond donors (Lipinski definition) is 1. The molecule has 0 aliphatic carbocycles. The van der Waals surface area contributed by atoms with E-state index < -0.39 is 0 Å². The summed E-state index contributed by atoms with van der Waals surface area (Å²) in [6.07, 6.45) is 1.69. The summed E-state index contributed by atoms with van der Waals surface area (Å²) < 4.78 is 1.92. The first kappa shape index (κ1) is 24.5. The molecule has 0 saturated heterocycles. The highest BCUT2D eigenvalue weighted by Gasteiger charge is 2.19. The number of rotatable bonds is 8. The molecule has 0 radical (unpaired) electrons. The number of aromatic nitrogens is 5. The molecule has 0 atom stereocenters. The molecule has 1 N–H and O–H groups in total. The normalized spacial score (nSPS) is 10.9. The van der Waals surface area contributed by atoms with Crippen molar-refractivity contribution in [3.63, 3.8) is 0 Å². The molecule has 7 nitrogen and oxygen atoms in total. The molecule has 11 heteroatoms. The Morgan fingerprint density at radius 3 is 2.69 bits per heavy atom. The minimum absolute atomic E-state index is 0.240. The average molecular weight is 554 g/mol. The quantitative estimate of drug-likeness (QED) is 0.227. The van der Waals surface area contributed by atoms with E-state index >= 15 is 0 Å². The summed E-state index contributed by atoms with van der Waals surface area (Å²) >= 11 is 15.6. The van der Waals surface area contributed by atoms with Gasteiger partial charge in [-0.1, -0.05) is 59.2 Å². The van der Waals surface area contributed by atoms with Crippen LogP contribution in [0.5, 0.6) is 0 Å². The molecule has 5 rings (SSSR count). The number of nitrogens with zero attached hydrogens (tertiary/aromatic N) is 5. The van der Waals surface area contributed by atoms with Crippen LogP contribution in [0.1, 0.15) is 21.2 Å². The van der Waals surface area contributed by atoms with Gasteiger partial charge in [-0.25, -0.2) is 4.98 Å². The summed E-state index contributed by atoms with van der Waals surface area (Å²) in [4.78, 5) is 21.2. The molecule has 1 amide bonds. The number of halogens is 2. The number of benzene rings is 2. The Labute approximate surface area is 225 Å². The molecule has 0 fully saturated rings.